The third kappa shape index (κ3) is 2.36. The summed E-state index contributed by atoms with van der Waals surface area (Å²) in [5.74, 6) is -0.343. The van der Waals surface area contributed by atoms with Crippen LogP contribution < -0.4 is 4.74 Å². The largest absolute Gasteiger partial charge is 0.494 e. The van der Waals surface area contributed by atoms with Gasteiger partial charge in [0, 0.05) is 0 Å². The lowest BCUT2D eigenvalue weighted by molar-refractivity contribution is 0.176. The van der Waals surface area contributed by atoms with Crippen molar-refractivity contribution in [2.45, 2.75) is 18.4 Å². The molecule has 0 bridgehead atoms. The summed E-state index contributed by atoms with van der Waals surface area (Å²) < 4.78 is 17.9. The zero-order valence-corrected chi connectivity index (χ0v) is 8.75. The first kappa shape index (κ1) is 11.3. The fraction of sp³-hybridized carbons (Fsp3) is 0.400. The van der Waals surface area contributed by atoms with E-state index in [1.165, 1.54) is 19.2 Å². The molecular weight excluding hydrogens is 207 g/mol. The van der Waals surface area contributed by atoms with E-state index in [2.05, 4.69) is 0 Å². The molecule has 1 rings (SSSR count). The van der Waals surface area contributed by atoms with Crippen molar-refractivity contribution in [2.75, 3.05) is 7.11 Å². The van der Waals surface area contributed by atoms with E-state index < -0.39 is 17.3 Å². The van der Waals surface area contributed by atoms with E-state index in [1.54, 1.807) is 13.0 Å². The maximum atomic E-state index is 13.2. The summed E-state index contributed by atoms with van der Waals surface area (Å²) in [6.07, 6.45) is -0.864. The van der Waals surface area contributed by atoms with Crippen LogP contribution in [0.1, 0.15) is 18.6 Å². The van der Waals surface area contributed by atoms with Crippen molar-refractivity contribution in [1.29, 1.82) is 0 Å². The average molecular weight is 219 g/mol. The van der Waals surface area contributed by atoms with Crippen molar-refractivity contribution >= 4 is 11.6 Å². The third-order valence-electron chi connectivity index (χ3n) is 1.95. The highest BCUT2D eigenvalue weighted by molar-refractivity contribution is 6.20. The number of aliphatic hydroxyl groups excluding tert-OH is 1. The minimum absolute atomic E-state index is 0.156. The van der Waals surface area contributed by atoms with Gasteiger partial charge in [0.05, 0.1) is 18.6 Å². The first-order valence-corrected chi connectivity index (χ1v) is 4.65. The molecule has 0 saturated carbocycles. The second-order valence-corrected chi connectivity index (χ2v) is 3.70. The van der Waals surface area contributed by atoms with Gasteiger partial charge in [-0.1, -0.05) is 6.07 Å². The van der Waals surface area contributed by atoms with E-state index in [9.17, 15) is 9.50 Å². The van der Waals surface area contributed by atoms with Crippen LogP contribution in [0.2, 0.25) is 0 Å². The van der Waals surface area contributed by atoms with Gasteiger partial charge in [0.2, 0.25) is 0 Å². The fourth-order valence-electron chi connectivity index (χ4n) is 1.13. The van der Waals surface area contributed by atoms with Gasteiger partial charge >= 0.3 is 0 Å². The molecule has 2 atom stereocenters. The standard InChI is InChI=1S/C10H12ClFO2/c1-6(11)10(13)7-3-4-9(14-2)8(12)5-7/h3-6,10,13H,1-2H3. The first-order chi connectivity index (χ1) is 6.56. The number of benzene rings is 1. The monoisotopic (exact) mass is 218 g/mol. The molecule has 2 unspecified atom stereocenters. The van der Waals surface area contributed by atoms with Crippen LogP contribution in [-0.2, 0) is 0 Å². The van der Waals surface area contributed by atoms with Crippen LogP contribution in [0.25, 0.3) is 0 Å². The number of rotatable bonds is 3. The molecule has 78 valence electrons. The third-order valence-corrected chi connectivity index (χ3v) is 2.19. The number of hydrogen-bond acceptors (Lipinski definition) is 2. The number of alkyl halides is 1. The van der Waals surface area contributed by atoms with Crippen molar-refractivity contribution in [2.24, 2.45) is 0 Å². The van der Waals surface area contributed by atoms with Gasteiger partial charge in [-0.2, -0.15) is 0 Å². The zero-order valence-electron chi connectivity index (χ0n) is 8.00. The van der Waals surface area contributed by atoms with Crippen molar-refractivity contribution in [3.63, 3.8) is 0 Å². The lowest BCUT2D eigenvalue weighted by Crippen LogP contribution is -2.08. The summed E-state index contributed by atoms with van der Waals surface area (Å²) in [6, 6.07) is 4.28. The molecule has 1 N–H and O–H groups in total. The van der Waals surface area contributed by atoms with E-state index in [0.29, 0.717) is 5.56 Å². The van der Waals surface area contributed by atoms with E-state index in [1.807, 2.05) is 0 Å². The normalized spacial score (nSPS) is 14.9. The molecule has 0 heterocycles. The summed E-state index contributed by atoms with van der Waals surface area (Å²) >= 11 is 5.69. The molecule has 0 amide bonds. The van der Waals surface area contributed by atoms with E-state index >= 15 is 0 Å². The minimum atomic E-state index is -0.864. The second kappa shape index (κ2) is 4.62. The van der Waals surface area contributed by atoms with Gasteiger partial charge in [-0.3, -0.25) is 0 Å². The Balaban J connectivity index is 2.96. The number of aliphatic hydroxyl groups is 1. The van der Waals surface area contributed by atoms with Crippen molar-refractivity contribution in [3.05, 3.63) is 29.6 Å². The Morgan fingerprint density at radius 3 is 2.57 bits per heavy atom. The number of hydrogen-bond donors (Lipinski definition) is 1. The maximum absolute atomic E-state index is 13.2. The summed E-state index contributed by atoms with van der Waals surface area (Å²) in [7, 11) is 1.39. The Bertz CT molecular complexity index is 315. The molecule has 0 saturated heterocycles. The second-order valence-electron chi connectivity index (χ2n) is 3.02. The number of methoxy groups -OCH3 is 1. The topological polar surface area (TPSA) is 29.5 Å². The molecule has 4 heteroatoms. The molecule has 1 aromatic carbocycles. The van der Waals surface area contributed by atoms with Gasteiger partial charge in [-0.15, -0.1) is 11.6 Å². The number of ether oxygens (including phenoxy) is 1. The maximum Gasteiger partial charge on any atom is 0.165 e. The molecule has 14 heavy (non-hydrogen) atoms. The molecule has 0 aliphatic carbocycles. The molecule has 0 spiro atoms. The Morgan fingerprint density at radius 2 is 2.14 bits per heavy atom. The van der Waals surface area contributed by atoms with Gasteiger partial charge in [0.1, 0.15) is 0 Å². The quantitative estimate of drug-likeness (QED) is 0.790. The molecule has 2 nitrogen and oxygen atoms in total. The van der Waals surface area contributed by atoms with Crippen LogP contribution in [0.5, 0.6) is 5.75 Å². The van der Waals surface area contributed by atoms with Gasteiger partial charge in [-0.05, 0) is 24.6 Å². The molecule has 0 aliphatic rings. The predicted octanol–water partition coefficient (Wildman–Crippen LogP) is 2.50. The highest BCUT2D eigenvalue weighted by Gasteiger charge is 2.15. The highest BCUT2D eigenvalue weighted by atomic mass is 35.5. The molecule has 0 fully saturated rings. The van der Waals surface area contributed by atoms with E-state index in [4.69, 9.17) is 16.3 Å². The Hall–Kier alpha value is -0.800. The number of halogens is 2. The molecule has 0 aromatic heterocycles. The summed E-state index contributed by atoms with van der Waals surface area (Å²) in [5, 5.41) is 9.09. The van der Waals surface area contributed by atoms with E-state index in [0.717, 1.165) is 0 Å². The summed E-state index contributed by atoms with van der Waals surface area (Å²) in [6.45, 7) is 1.65. The van der Waals surface area contributed by atoms with Crippen LogP contribution in [0.15, 0.2) is 18.2 Å². The molecule has 0 radical (unpaired) electrons. The summed E-state index contributed by atoms with van der Waals surface area (Å²) in [5.41, 5.74) is 0.450. The summed E-state index contributed by atoms with van der Waals surface area (Å²) in [4.78, 5) is 0. The van der Waals surface area contributed by atoms with Crippen LogP contribution in [-0.4, -0.2) is 17.6 Å². The van der Waals surface area contributed by atoms with Crippen molar-refractivity contribution in [1.82, 2.24) is 0 Å². The fourth-order valence-corrected chi connectivity index (χ4v) is 1.28. The predicted molar refractivity (Wildman–Crippen MR) is 53.2 cm³/mol. The highest BCUT2D eigenvalue weighted by Crippen LogP contribution is 2.25. The lowest BCUT2D eigenvalue weighted by Gasteiger charge is -2.13. The van der Waals surface area contributed by atoms with Gasteiger partial charge in [-0.25, -0.2) is 4.39 Å². The Kier molecular flexibility index (Phi) is 3.72. The van der Waals surface area contributed by atoms with Crippen LogP contribution >= 0.6 is 11.6 Å². The van der Waals surface area contributed by atoms with Crippen molar-refractivity contribution in [3.8, 4) is 5.75 Å². The van der Waals surface area contributed by atoms with E-state index in [-0.39, 0.29) is 5.75 Å². The van der Waals surface area contributed by atoms with Gasteiger partial charge < -0.3 is 9.84 Å². The SMILES string of the molecule is COc1ccc(C(O)C(C)Cl)cc1F. The lowest BCUT2D eigenvalue weighted by atomic mass is 10.1. The first-order valence-electron chi connectivity index (χ1n) is 4.22. The van der Waals surface area contributed by atoms with Crippen LogP contribution in [0, 0.1) is 5.82 Å². The van der Waals surface area contributed by atoms with Crippen LogP contribution in [0.4, 0.5) is 4.39 Å². The minimum Gasteiger partial charge on any atom is -0.494 e. The smallest absolute Gasteiger partial charge is 0.165 e. The average Bonchev–Trinajstić information content (AvgIpc) is 2.16. The molecule has 0 aliphatic heterocycles. The van der Waals surface area contributed by atoms with Gasteiger partial charge in [0.25, 0.3) is 0 Å². The molecular formula is C10H12ClFO2. The Morgan fingerprint density at radius 1 is 1.50 bits per heavy atom. The molecule has 1 aromatic rings. The zero-order chi connectivity index (χ0) is 10.7. The Labute approximate surface area is 87.3 Å². The van der Waals surface area contributed by atoms with Crippen LogP contribution in [0.3, 0.4) is 0 Å². The van der Waals surface area contributed by atoms with Crippen molar-refractivity contribution < 1.29 is 14.2 Å². The van der Waals surface area contributed by atoms with Gasteiger partial charge in [0.15, 0.2) is 11.6 Å².